The Labute approximate surface area is 431 Å². The van der Waals surface area contributed by atoms with Crippen LogP contribution in [0.1, 0.15) is 57.7 Å². The number of aliphatic hydroxyl groups excluding tert-OH is 1. The van der Waals surface area contributed by atoms with Crippen LogP contribution in [0.15, 0.2) is 101 Å². The highest BCUT2D eigenvalue weighted by Crippen LogP contribution is 2.40. The van der Waals surface area contributed by atoms with E-state index < -0.39 is 29.4 Å². The summed E-state index contributed by atoms with van der Waals surface area (Å²) in [6, 6.07) is 28.7. The zero-order chi connectivity index (χ0) is 49.8. The fraction of sp³-hybridized carbons (Fsp3) is 0.418. The lowest BCUT2D eigenvalue weighted by atomic mass is 9.77. The third kappa shape index (κ3) is 12.5. The number of fused-ring (bicyclic) bond motifs is 1. The minimum absolute atomic E-state index is 0.155. The highest BCUT2D eigenvalue weighted by Gasteiger charge is 2.47. The first-order valence-corrected chi connectivity index (χ1v) is 26.9. The van der Waals surface area contributed by atoms with E-state index in [9.17, 15) is 24.6 Å². The van der Waals surface area contributed by atoms with Crippen molar-refractivity contribution in [3.05, 3.63) is 112 Å². The number of hydrogen-bond donors (Lipinski definition) is 4. The van der Waals surface area contributed by atoms with Crippen LogP contribution < -0.4 is 20.1 Å². The Morgan fingerprint density at radius 2 is 1.61 bits per heavy atom. The van der Waals surface area contributed by atoms with Gasteiger partial charge in [0, 0.05) is 54.3 Å². The first-order chi connectivity index (χ1) is 34.1. The van der Waals surface area contributed by atoms with Crippen LogP contribution in [0.3, 0.4) is 0 Å². The minimum Gasteiger partial charge on any atom is -0.508 e. The van der Waals surface area contributed by atoms with Gasteiger partial charge in [0.25, 0.3) is 0 Å². The van der Waals surface area contributed by atoms with Gasteiger partial charge >= 0.3 is 0 Å². The molecule has 4 aromatic carbocycles. The Morgan fingerprint density at radius 1 is 0.887 bits per heavy atom. The molecular formula is C55H62BrN5O8S2. The van der Waals surface area contributed by atoms with Crippen LogP contribution in [0.2, 0.25) is 0 Å². The van der Waals surface area contributed by atoms with Gasteiger partial charge in [0.05, 0.1) is 57.9 Å². The largest absolute Gasteiger partial charge is 0.508 e. The molecule has 13 nitrogen and oxygen atoms in total. The number of Topliss-reactive ketones (excluding diaryl/α,β-unsaturated/α-hetero) is 1. The maximum Gasteiger partial charge on any atom is 0.234 e. The maximum atomic E-state index is 14.2. The molecular weight excluding hydrogens is 1000 g/mol. The predicted molar refractivity (Wildman–Crippen MR) is 282 cm³/mol. The second-order valence-corrected chi connectivity index (χ2v) is 22.9. The summed E-state index contributed by atoms with van der Waals surface area (Å²) >= 11 is 6.84. The number of nitrogens with zero attached hydrogens (tertiary/aromatic N) is 3. The number of rotatable bonds is 18. The Hall–Kier alpha value is -5.20. The molecule has 2 amide bonds. The monoisotopic (exact) mass is 1060 g/mol. The van der Waals surface area contributed by atoms with Crippen LogP contribution in [-0.4, -0.2) is 113 Å². The Morgan fingerprint density at radius 3 is 2.32 bits per heavy atom. The van der Waals surface area contributed by atoms with Crippen molar-refractivity contribution >= 4 is 66.3 Å². The number of benzene rings is 4. The van der Waals surface area contributed by atoms with Crippen LogP contribution in [0.4, 0.5) is 0 Å². The van der Waals surface area contributed by atoms with E-state index >= 15 is 0 Å². The van der Waals surface area contributed by atoms with E-state index in [1.807, 2.05) is 106 Å². The number of halogens is 1. The fourth-order valence-corrected chi connectivity index (χ4v) is 12.2. The van der Waals surface area contributed by atoms with E-state index in [0.29, 0.717) is 37.3 Å². The van der Waals surface area contributed by atoms with Crippen LogP contribution in [0, 0.1) is 24.2 Å². The van der Waals surface area contributed by atoms with E-state index in [2.05, 4.69) is 47.4 Å². The van der Waals surface area contributed by atoms with Gasteiger partial charge in [-0.25, -0.2) is 4.98 Å². The fourth-order valence-electron chi connectivity index (χ4n) is 9.94. The van der Waals surface area contributed by atoms with Gasteiger partial charge in [0.15, 0.2) is 5.78 Å². The molecule has 3 fully saturated rings. The van der Waals surface area contributed by atoms with Crippen LogP contribution in [0.5, 0.6) is 23.0 Å². The van der Waals surface area contributed by atoms with Crippen molar-refractivity contribution < 1.29 is 38.8 Å². The molecule has 1 aliphatic carbocycles. The van der Waals surface area contributed by atoms with Gasteiger partial charge in [-0.2, -0.15) is 0 Å². The second-order valence-electron chi connectivity index (χ2n) is 20.1. The number of piperidine rings is 1. The molecule has 2 unspecified atom stereocenters. The van der Waals surface area contributed by atoms with Gasteiger partial charge in [0.1, 0.15) is 29.6 Å². The normalized spacial score (nSPS) is 19.6. The first kappa shape index (κ1) is 50.7. The summed E-state index contributed by atoms with van der Waals surface area (Å²) in [5.41, 5.74) is 5.25. The van der Waals surface area contributed by atoms with E-state index in [1.54, 1.807) is 34.8 Å². The molecule has 3 aliphatic rings. The highest BCUT2D eigenvalue weighted by atomic mass is 79.9. The van der Waals surface area contributed by atoms with Gasteiger partial charge in [-0.05, 0) is 137 Å². The number of ketones is 1. The van der Waals surface area contributed by atoms with Gasteiger partial charge in [-0.3, -0.25) is 24.2 Å². The topological polar surface area (TPSA) is 163 Å². The molecule has 1 saturated carbocycles. The molecule has 2 aliphatic heterocycles. The molecule has 6 aromatic rings. The molecule has 4 heterocycles. The highest BCUT2D eigenvalue weighted by molar-refractivity contribution is 9.10. The number of carbonyl (C=O) groups excluding carboxylic acids is 3. The molecule has 0 radical (unpaired) electrons. The standard InChI is InChI=1S/C55H62BrN5O8S2/c1-33-52(70-32-58-33)35-7-5-34(6-8-35)28-57-54(66)45-26-40(63)25-44(45)51(65)53(55(2,3)4)59-50(64)31-60-19-17-38(18-20-60)61-29-43(30-61)68-22-21-67-41-12-14-42(15-13-41)69-47-23-36(10-16-46(47)56)48-24-37-9-11-39(62)27-49(37)71-48/h5-16,23-24,27,32,38,40,43-45,53,62-63H,17-22,25-26,28-31H2,1-4H3,(H,57,66)(H,59,64)/t40-,44?,45+,53?/m0/s1. The van der Waals surface area contributed by atoms with Gasteiger partial charge in [-0.1, -0.05) is 51.1 Å². The zero-order valence-electron chi connectivity index (χ0n) is 40.6. The molecule has 16 heteroatoms. The molecule has 2 aromatic heterocycles. The molecule has 4 N–H and O–H groups in total. The molecule has 2 saturated heterocycles. The minimum atomic E-state index is -0.806. The Kier molecular flexibility index (Phi) is 15.9. The number of thiophene rings is 1. The summed E-state index contributed by atoms with van der Waals surface area (Å²) in [6.45, 7) is 12.5. The summed E-state index contributed by atoms with van der Waals surface area (Å²) in [7, 11) is 0. The molecule has 374 valence electrons. The number of phenols is 1. The SMILES string of the molecule is Cc1ncsc1-c1ccc(CNC(=O)[C@@H]2C[C@@H](O)CC2C(=O)C(NC(=O)CN2CCC(N3CC(OCCOc4ccc(Oc5cc(-c6cc7ccc(O)cc7s6)ccc5Br)cc4)C3)CC2)C(C)(C)C)cc1. The van der Waals surface area contributed by atoms with E-state index in [0.717, 1.165) is 91.5 Å². The molecule has 71 heavy (non-hydrogen) atoms. The average Bonchev–Trinajstić information content (AvgIpc) is 4.08. The number of amides is 2. The number of likely N-dealkylation sites (tertiary alicyclic amines) is 2. The number of aromatic hydroxyl groups is 1. The number of aromatic nitrogens is 1. The Bertz CT molecular complexity index is 2820. The van der Waals surface area contributed by atoms with Crippen LogP contribution in [-0.2, 0) is 25.7 Å². The maximum absolute atomic E-state index is 14.2. The van der Waals surface area contributed by atoms with Crippen molar-refractivity contribution in [1.29, 1.82) is 0 Å². The lowest BCUT2D eigenvalue weighted by molar-refractivity contribution is -0.137. The van der Waals surface area contributed by atoms with Crippen LogP contribution >= 0.6 is 38.6 Å². The Balaban J connectivity index is 0.668. The lowest BCUT2D eigenvalue weighted by Gasteiger charge is -2.46. The number of carbonyl (C=O) groups is 3. The predicted octanol–water partition coefficient (Wildman–Crippen LogP) is 9.61. The van der Waals surface area contributed by atoms with Crippen molar-refractivity contribution in [3.8, 4) is 43.9 Å². The lowest BCUT2D eigenvalue weighted by Crippen LogP contribution is -2.59. The summed E-state index contributed by atoms with van der Waals surface area (Å²) in [5.74, 6) is 0.329. The number of nitrogens with one attached hydrogen (secondary N) is 2. The quantitative estimate of drug-likeness (QED) is 0.0607. The summed E-state index contributed by atoms with van der Waals surface area (Å²) in [5, 5.41) is 27.7. The summed E-state index contributed by atoms with van der Waals surface area (Å²) < 4.78 is 20.2. The van der Waals surface area contributed by atoms with Crippen molar-refractivity contribution in [1.82, 2.24) is 25.4 Å². The molecule has 0 bridgehead atoms. The van der Waals surface area contributed by atoms with Gasteiger partial charge < -0.3 is 35.1 Å². The first-order valence-electron chi connectivity index (χ1n) is 24.4. The zero-order valence-corrected chi connectivity index (χ0v) is 43.8. The van der Waals surface area contributed by atoms with Gasteiger partial charge in [0.2, 0.25) is 11.8 Å². The molecule has 4 atom stereocenters. The number of hydrogen-bond acceptors (Lipinski definition) is 13. The van der Waals surface area contributed by atoms with E-state index in [-0.39, 0.29) is 48.8 Å². The van der Waals surface area contributed by atoms with E-state index in [1.165, 1.54) is 0 Å². The van der Waals surface area contributed by atoms with Gasteiger partial charge in [-0.15, -0.1) is 22.7 Å². The van der Waals surface area contributed by atoms with E-state index in [4.69, 9.17) is 14.2 Å². The average molecular weight is 1070 g/mol. The number of thiazole rings is 1. The third-order valence-corrected chi connectivity index (χ3v) is 16.7. The summed E-state index contributed by atoms with van der Waals surface area (Å²) in [6.07, 6.45) is 1.67. The molecule has 9 rings (SSSR count). The number of aryl methyl sites for hydroxylation is 1. The number of ether oxygens (including phenoxy) is 3. The third-order valence-electron chi connectivity index (χ3n) is 13.9. The second kappa shape index (κ2) is 22.3. The molecule has 0 spiro atoms. The number of aliphatic hydroxyl groups is 1. The van der Waals surface area contributed by atoms with Crippen molar-refractivity contribution in [2.45, 2.75) is 84.2 Å². The van der Waals surface area contributed by atoms with Crippen LogP contribution in [0.25, 0.3) is 31.0 Å². The smallest absolute Gasteiger partial charge is 0.234 e. The van der Waals surface area contributed by atoms with Crippen molar-refractivity contribution in [2.75, 3.05) is 45.9 Å². The number of phenolic OH excluding ortho intramolecular Hbond substituents is 1. The van der Waals surface area contributed by atoms with Crippen molar-refractivity contribution in [3.63, 3.8) is 0 Å². The summed E-state index contributed by atoms with van der Waals surface area (Å²) in [4.78, 5) is 52.5. The van der Waals surface area contributed by atoms with Crippen molar-refractivity contribution in [2.24, 2.45) is 17.3 Å².